The van der Waals surface area contributed by atoms with E-state index in [1.165, 1.54) is 26.4 Å². The topological polar surface area (TPSA) is 76.2 Å². The van der Waals surface area contributed by atoms with E-state index in [4.69, 9.17) is 9.47 Å². The van der Waals surface area contributed by atoms with Gasteiger partial charge in [0.2, 0.25) is 5.91 Å². The van der Waals surface area contributed by atoms with Crippen LogP contribution in [0.1, 0.15) is 29.2 Å². The van der Waals surface area contributed by atoms with Crippen LogP contribution in [-0.2, 0) is 17.6 Å². The highest BCUT2D eigenvalue weighted by Crippen LogP contribution is 2.42. The van der Waals surface area contributed by atoms with E-state index in [-0.39, 0.29) is 23.0 Å². The summed E-state index contributed by atoms with van der Waals surface area (Å²) in [5.41, 5.74) is 3.82. The smallest absolute Gasteiger partial charge is 0.247 e. The highest BCUT2D eigenvalue weighted by molar-refractivity contribution is 6.01. The molecule has 0 bridgehead atoms. The summed E-state index contributed by atoms with van der Waals surface area (Å²) < 4.78 is 40.1. The minimum atomic E-state index is -0.712. The van der Waals surface area contributed by atoms with E-state index in [1.54, 1.807) is 6.07 Å². The fourth-order valence-corrected chi connectivity index (χ4v) is 4.22. The van der Waals surface area contributed by atoms with Gasteiger partial charge in [0, 0.05) is 28.5 Å². The van der Waals surface area contributed by atoms with Crippen molar-refractivity contribution in [3.63, 3.8) is 0 Å². The lowest BCUT2D eigenvalue weighted by molar-refractivity contribution is -0.111. The lowest BCUT2D eigenvalue weighted by Crippen LogP contribution is -2.16. The Balaban J connectivity index is 1.70. The molecule has 3 aromatic rings. The molecule has 32 heavy (non-hydrogen) atoms. The van der Waals surface area contributed by atoms with E-state index in [0.29, 0.717) is 30.6 Å². The number of aromatic nitrogens is 2. The van der Waals surface area contributed by atoms with Gasteiger partial charge < -0.3 is 14.8 Å². The predicted octanol–water partition coefficient (Wildman–Crippen LogP) is 4.77. The number of methoxy groups -OCH3 is 2. The first-order chi connectivity index (χ1) is 15.5. The van der Waals surface area contributed by atoms with E-state index in [1.807, 2.05) is 18.2 Å². The van der Waals surface area contributed by atoms with Crippen LogP contribution in [0, 0.1) is 11.6 Å². The number of carbonyl (C=O) groups is 1. The van der Waals surface area contributed by atoms with Gasteiger partial charge >= 0.3 is 0 Å². The number of aromatic amines is 1. The average molecular weight is 439 g/mol. The number of ether oxygens (including phenoxy) is 2. The Kier molecular flexibility index (Phi) is 5.94. The van der Waals surface area contributed by atoms with Gasteiger partial charge in [-0.1, -0.05) is 24.8 Å². The van der Waals surface area contributed by atoms with E-state index in [2.05, 4.69) is 22.1 Å². The highest BCUT2D eigenvalue weighted by Gasteiger charge is 2.32. The highest BCUT2D eigenvalue weighted by atomic mass is 19.1. The number of nitrogens with one attached hydrogen (secondary N) is 2. The molecule has 0 spiro atoms. The van der Waals surface area contributed by atoms with Crippen LogP contribution in [0.2, 0.25) is 0 Å². The minimum Gasteiger partial charge on any atom is -0.494 e. The summed E-state index contributed by atoms with van der Waals surface area (Å²) in [5, 5.41) is 10.3. The van der Waals surface area contributed by atoms with E-state index < -0.39 is 17.6 Å². The molecule has 1 unspecified atom stereocenters. The molecule has 1 amide bonds. The van der Waals surface area contributed by atoms with Gasteiger partial charge in [-0.05, 0) is 37.3 Å². The van der Waals surface area contributed by atoms with Gasteiger partial charge in [-0.25, -0.2) is 8.78 Å². The first-order valence-electron chi connectivity index (χ1n) is 10.2. The number of amides is 1. The zero-order chi connectivity index (χ0) is 22.8. The van der Waals surface area contributed by atoms with E-state index >= 15 is 0 Å². The number of fused-ring (bicyclic) bond motifs is 1. The van der Waals surface area contributed by atoms with Crippen molar-refractivity contribution in [2.45, 2.75) is 25.2 Å². The fraction of sp³-hybridized carbons (Fsp3) is 0.250. The second-order valence-corrected chi connectivity index (χ2v) is 7.53. The van der Waals surface area contributed by atoms with Crippen molar-refractivity contribution in [1.82, 2.24) is 10.2 Å². The van der Waals surface area contributed by atoms with Gasteiger partial charge in [-0.2, -0.15) is 5.10 Å². The number of para-hydroxylation sites is 1. The third-order valence-electron chi connectivity index (χ3n) is 5.79. The molecule has 0 saturated heterocycles. The van der Waals surface area contributed by atoms with Gasteiger partial charge in [0.05, 0.1) is 25.6 Å². The van der Waals surface area contributed by atoms with Gasteiger partial charge in [0.15, 0.2) is 23.1 Å². The maximum absolute atomic E-state index is 15.0. The maximum atomic E-state index is 15.0. The van der Waals surface area contributed by atoms with Crippen molar-refractivity contribution < 1.29 is 23.0 Å². The molecular weight excluding hydrogens is 416 g/mol. The number of H-pyrrole nitrogens is 1. The lowest BCUT2D eigenvalue weighted by atomic mass is 9.81. The van der Waals surface area contributed by atoms with Crippen molar-refractivity contribution in [2.75, 3.05) is 19.5 Å². The molecular formula is C24H23F2N3O3. The standard InChI is InChI=1S/C24H23F2N3O3/c1-4-20(30)27-16-8-6-5-7-14(16)24-15-10-9-13(11-17(15)28-29-24)21-22(25)18(31-2)12-19(32-3)23(21)26/h4-8,12-13H,1,9-11H2,2-3H3,(H,27,30)(H,28,29). The van der Waals surface area contributed by atoms with Crippen LogP contribution in [0.25, 0.3) is 11.3 Å². The molecule has 0 aliphatic heterocycles. The number of hydrogen-bond donors (Lipinski definition) is 2. The maximum Gasteiger partial charge on any atom is 0.247 e. The van der Waals surface area contributed by atoms with Gasteiger partial charge in [0.25, 0.3) is 0 Å². The fourth-order valence-electron chi connectivity index (χ4n) is 4.22. The van der Waals surface area contributed by atoms with Crippen molar-refractivity contribution in [2.24, 2.45) is 0 Å². The van der Waals surface area contributed by atoms with Crippen molar-refractivity contribution in [1.29, 1.82) is 0 Å². The molecule has 6 nitrogen and oxygen atoms in total. The number of anilines is 1. The summed E-state index contributed by atoms with van der Waals surface area (Å²) in [4.78, 5) is 11.8. The number of halogens is 2. The molecule has 1 heterocycles. The van der Waals surface area contributed by atoms with E-state index in [0.717, 1.165) is 16.8 Å². The van der Waals surface area contributed by atoms with Crippen molar-refractivity contribution >= 4 is 11.6 Å². The Morgan fingerprint density at radius 3 is 2.56 bits per heavy atom. The third-order valence-corrected chi connectivity index (χ3v) is 5.79. The van der Waals surface area contributed by atoms with Crippen LogP contribution in [0.3, 0.4) is 0 Å². The Morgan fingerprint density at radius 2 is 1.91 bits per heavy atom. The van der Waals surface area contributed by atoms with Crippen LogP contribution in [0.15, 0.2) is 43.0 Å². The minimum absolute atomic E-state index is 0.0401. The SMILES string of the molecule is C=CC(=O)Nc1ccccc1-c1n[nH]c2c1CCC(c1c(F)c(OC)cc(OC)c1F)C2. The van der Waals surface area contributed by atoms with Gasteiger partial charge in [0.1, 0.15) is 0 Å². The molecule has 1 atom stereocenters. The molecule has 8 heteroatoms. The first-order valence-corrected chi connectivity index (χ1v) is 10.2. The Bertz CT molecular complexity index is 1160. The number of rotatable bonds is 6. The summed E-state index contributed by atoms with van der Waals surface area (Å²) in [7, 11) is 2.67. The normalized spacial score (nSPS) is 15.1. The van der Waals surface area contributed by atoms with Crippen LogP contribution in [-0.4, -0.2) is 30.3 Å². The van der Waals surface area contributed by atoms with Gasteiger partial charge in [-0.3, -0.25) is 9.89 Å². The molecule has 1 aliphatic carbocycles. The summed E-state index contributed by atoms with van der Waals surface area (Å²) in [6.07, 6.45) is 2.67. The number of nitrogens with zero attached hydrogens (tertiary/aromatic N) is 1. The third kappa shape index (κ3) is 3.72. The van der Waals surface area contributed by atoms with Crippen LogP contribution >= 0.6 is 0 Å². The lowest BCUT2D eigenvalue weighted by Gasteiger charge is -2.25. The Hall–Kier alpha value is -3.68. The Labute approximate surface area is 184 Å². The average Bonchev–Trinajstić information content (AvgIpc) is 3.23. The monoisotopic (exact) mass is 439 g/mol. The molecule has 166 valence electrons. The molecule has 2 N–H and O–H groups in total. The molecule has 1 aromatic heterocycles. The van der Waals surface area contributed by atoms with Crippen LogP contribution in [0.4, 0.5) is 14.5 Å². The summed E-state index contributed by atoms with van der Waals surface area (Å²) in [6, 6.07) is 8.55. The predicted molar refractivity (Wildman–Crippen MR) is 117 cm³/mol. The molecule has 4 rings (SSSR count). The molecule has 0 saturated carbocycles. The number of carbonyl (C=O) groups excluding carboxylic acids is 1. The molecule has 1 aliphatic rings. The van der Waals surface area contributed by atoms with Crippen molar-refractivity contribution in [3.8, 4) is 22.8 Å². The molecule has 0 fully saturated rings. The summed E-state index contributed by atoms with van der Waals surface area (Å²) >= 11 is 0. The molecule has 0 radical (unpaired) electrons. The second kappa shape index (κ2) is 8.82. The Morgan fingerprint density at radius 1 is 1.22 bits per heavy atom. The van der Waals surface area contributed by atoms with Crippen molar-refractivity contribution in [3.05, 3.63) is 71.4 Å². The summed E-state index contributed by atoms with van der Waals surface area (Å²) in [5.74, 6) is -2.26. The quantitative estimate of drug-likeness (QED) is 0.543. The second-order valence-electron chi connectivity index (χ2n) is 7.53. The first kappa shape index (κ1) is 21.5. The number of benzene rings is 2. The molecule has 2 aromatic carbocycles. The van der Waals surface area contributed by atoms with E-state index in [9.17, 15) is 13.6 Å². The zero-order valence-corrected chi connectivity index (χ0v) is 17.8. The largest absolute Gasteiger partial charge is 0.494 e. The number of hydrogen-bond acceptors (Lipinski definition) is 4. The zero-order valence-electron chi connectivity index (χ0n) is 17.8. The van der Waals surface area contributed by atoms with Crippen LogP contribution < -0.4 is 14.8 Å². The van der Waals surface area contributed by atoms with Crippen LogP contribution in [0.5, 0.6) is 11.5 Å². The summed E-state index contributed by atoms with van der Waals surface area (Å²) in [6.45, 7) is 3.48. The van der Waals surface area contributed by atoms with Gasteiger partial charge in [-0.15, -0.1) is 0 Å².